The van der Waals surface area contributed by atoms with Gasteiger partial charge in [-0.15, -0.1) is 0 Å². The number of hydrogen-bond acceptors (Lipinski definition) is 2. The Bertz CT molecular complexity index is 136. The summed E-state index contributed by atoms with van der Waals surface area (Å²) in [5.74, 6) is 0. The van der Waals surface area contributed by atoms with Crippen LogP contribution in [0.25, 0.3) is 0 Å². The van der Waals surface area contributed by atoms with E-state index < -0.39 is 0 Å². The van der Waals surface area contributed by atoms with Gasteiger partial charge in [-0.2, -0.15) is 0 Å². The third-order valence-corrected chi connectivity index (χ3v) is 2.71. The van der Waals surface area contributed by atoms with Gasteiger partial charge in [0.05, 0.1) is 6.61 Å². The molecule has 1 heterocycles. The Hall–Kier alpha value is -0.0800. The summed E-state index contributed by atoms with van der Waals surface area (Å²) < 4.78 is 5.39. The summed E-state index contributed by atoms with van der Waals surface area (Å²) in [6, 6.07) is 0.635. The summed E-state index contributed by atoms with van der Waals surface area (Å²) in [7, 11) is 0. The minimum atomic E-state index is 0.478. The molecule has 64 valence electrons. The minimum Gasteiger partial charge on any atom is -0.380 e. The first kappa shape index (κ1) is 7.56. The van der Waals surface area contributed by atoms with Crippen LogP contribution in [0.4, 0.5) is 0 Å². The maximum atomic E-state index is 5.39. The molecule has 0 spiro atoms. The van der Waals surface area contributed by atoms with E-state index in [0.29, 0.717) is 11.6 Å². The fourth-order valence-corrected chi connectivity index (χ4v) is 1.68. The lowest BCUT2D eigenvalue weighted by Gasteiger charge is -2.26. The van der Waals surface area contributed by atoms with Crippen LogP contribution in [0, 0.1) is 0 Å². The maximum Gasteiger partial charge on any atom is 0.0619 e. The first-order valence-corrected chi connectivity index (χ1v) is 4.64. The van der Waals surface area contributed by atoms with Gasteiger partial charge in [0.2, 0.25) is 0 Å². The van der Waals surface area contributed by atoms with Gasteiger partial charge in [-0.1, -0.05) is 0 Å². The summed E-state index contributed by atoms with van der Waals surface area (Å²) in [6.45, 7) is 4.20. The van der Waals surface area contributed by atoms with E-state index in [2.05, 4.69) is 12.2 Å². The number of nitrogens with one attached hydrogen (secondary N) is 1. The van der Waals surface area contributed by atoms with Crippen molar-refractivity contribution in [3.63, 3.8) is 0 Å². The first-order valence-electron chi connectivity index (χ1n) is 4.64. The predicted molar refractivity (Wildman–Crippen MR) is 44.6 cm³/mol. The van der Waals surface area contributed by atoms with E-state index in [0.717, 1.165) is 13.2 Å². The molecule has 1 unspecified atom stereocenters. The molecule has 2 fully saturated rings. The van der Waals surface area contributed by atoms with Crippen molar-refractivity contribution in [2.75, 3.05) is 13.2 Å². The molecule has 0 aromatic heterocycles. The third kappa shape index (κ3) is 1.94. The highest BCUT2D eigenvalue weighted by molar-refractivity contribution is 4.99. The second kappa shape index (κ2) is 2.76. The highest BCUT2D eigenvalue weighted by atomic mass is 16.5. The van der Waals surface area contributed by atoms with Crippen molar-refractivity contribution in [2.24, 2.45) is 0 Å². The van der Waals surface area contributed by atoms with Crippen molar-refractivity contribution in [1.29, 1.82) is 0 Å². The standard InChI is InChI=1S/C9H17NO/c1-9(4-5-9)10-8-3-2-6-11-7-8/h8,10H,2-7H2,1H3. The Morgan fingerprint density at radius 1 is 1.45 bits per heavy atom. The molecular formula is C9H17NO. The maximum absolute atomic E-state index is 5.39. The molecule has 0 bridgehead atoms. The normalized spacial score (nSPS) is 35.2. The SMILES string of the molecule is CC1(NC2CCCOC2)CC1. The van der Waals surface area contributed by atoms with Crippen LogP contribution in [0.1, 0.15) is 32.6 Å². The molecule has 2 nitrogen and oxygen atoms in total. The molecule has 1 aliphatic heterocycles. The average Bonchev–Trinajstić information content (AvgIpc) is 2.70. The van der Waals surface area contributed by atoms with Crippen LogP contribution < -0.4 is 5.32 Å². The van der Waals surface area contributed by atoms with E-state index in [1.165, 1.54) is 25.7 Å². The number of rotatable bonds is 2. The molecule has 1 N–H and O–H groups in total. The molecule has 2 rings (SSSR count). The first-order chi connectivity index (χ1) is 5.29. The van der Waals surface area contributed by atoms with Gasteiger partial charge in [-0.3, -0.25) is 0 Å². The summed E-state index contributed by atoms with van der Waals surface area (Å²) >= 11 is 0. The Morgan fingerprint density at radius 2 is 2.27 bits per heavy atom. The lowest BCUT2D eigenvalue weighted by Crippen LogP contribution is -2.43. The second-order valence-corrected chi connectivity index (χ2v) is 4.12. The number of ether oxygens (including phenoxy) is 1. The van der Waals surface area contributed by atoms with Crippen LogP contribution >= 0.6 is 0 Å². The van der Waals surface area contributed by atoms with Gasteiger partial charge in [-0.05, 0) is 32.6 Å². The molecule has 0 aromatic rings. The molecular weight excluding hydrogens is 138 g/mol. The fourth-order valence-electron chi connectivity index (χ4n) is 1.68. The highest BCUT2D eigenvalue weighted by Crippen LogP contribution is 2.35. The van der Waals surface area contributed by atoms with Gasteiger partial charge < -0.3 is 10.1 Å². The van der Waals surface area contributed by atoms with E-state index in [1.54, 1.807) is 0 Å². The summed E-state index contributed by atoms with van der Waals surface area (Å²) in [5, 5.41) is 3.64. The van der Waals surface area contributed by atoms with Crippen molar-refractivity contribution < 1.29 is 4.74 Å². The lowest BCUT2D eigenvalue weighted by atomic mass is 10.1. The largest absolute Gasteiger partial charge is 0.380 e. The van der Waals surface area contributed by atoms with Crippen LogP contribution in [0.3, 0.4) is 0 Å². The molecule has 0 aromatic carbocycles. The zero-order valence-corrected chi connectivity index (χ0v) is 7.23. The predicted octanol–water partition coefficient (Wildman–Crippen LogP) is 1.31. The third-order valence-electron chi connectivity index (χ3n) is 2.71. The molecule has 0 radical (unpaired) electrons. The zero-order chi connectivity index (χ0) is 7.73. The Balaban J connectivity index is 1.76. The van der Waals surface area contributed by atoms with E-state index in [-0.39, 0.29) is 0 Å². The minimum absolute atomic E-state index is 0.478. The highest BCUT2D eigenvalue weighted by Gasteiger charge is 2.38. The summed E-state index contributed by atoms with van der Waals surface area (Å²) in [4.78, 5) is 0. The Labute approximate surface area is 68.3 Å². The lowest BCUT2D eigenvalue weighted by molar-refractivity contribution is 0.0658. The molecule has 11 heavy (non-hydrogen) atoms. The summed E-state index contributed by atoms with van der Waals surface area (Å²) in [5.41, 5.74) is 0.478. The second-order valence-electron chi connectivity index (χ2n) is 4.12. The Kier molecular flexibility index (Phi) is 1.90. The van der Waals surface area contributed by atoms with Gasteiger partial charge in [0, 0.05) is 18.2 Å². The summed E-state index contributed by atoms with van der Waals surface area (Å²) in [6.07, 6.45) is 5.23. The molecule has 1 atom stereocenters. The Morgan fingerprint density at radius 3 is 2.82 bits per heavy atom. The van der Waals surface area contributed by atoms with Crippen LogP contribution in [0.2, 0.25) is 0 Å². The molecule has 1 saturated carbocycles. The quantitative estimate of drug-likeness (QED) is 0.649. The fraction of sp³-hybridized carbons (Fsp3) is 1.00. The monoisotopic (exact) mass is 155 g/mol. The van der Waals surface area contributed by atoms with Gasteiger partial charge in [0.25, 0.3) is 0 Å². The van der Waals surface area contributed by atoms with Crippen molar-refractivity contribution in [2.45, 2.75) is 44.2 Å². The van der Waals surface area contributed by atoms with Crippen LogP contribution in [-0.4, -0.2) is 24.8 Å². The smallest absolute Gasteiger partial charge is 0.0619 e. The van der Waals surface area contributed by atoms with Gasteiger partial charge >= 0.3 is 0 Å². The van der Waals surface area contributed by atoms with Gasteiger partial charge in [0.1, 0.15) is 0 Å². The van der Waals surface area contributed by atoms with E-state index in [1.807, 2.05) is 0 Å². The van der Waals surface area contributed by atoms with Crippen molar-refractivity contribution >= 4 is 0 Å². The van der Waals surface area contributed by atoms with Crippen LogP contribution in [-0.2, 0) is 4.74 Å². The molecule has 2 aliphatic rings. The van der Waals surface area contributed by atoms with E-state index in [9.17, 15) is 0 Å². The van der Waals surface area contributed by atoms with Crippen LogP contribution in [0.5, 0.6) is 0 Å². The topological polar surface area (TPSA) is 21.3 Å². The van der Waals surface area contributed by atoms with Gasteiger partial charge in [0.15, 0.2) is 0 Å². The number of hydrogen-bond donors (Lipinski definition) is 1. The molecule has 0 amide bonds. The van der Waals surface area contributed by atoms with Gasteiger partial charge in [-0.25, -0.2) is 0 Å². The molecule has 2 heteroatoms. The van der Waals surface area contributed by atoms with Crippen LogP contribution in [0.15, 0.2) is 0 Å². The molecule has 1 aliphatic carbocycles. The zero-order valence-electron chi connectivity index (χ0n) is 7.23. The van der Waals surface area contributed by atoms with E-state index >= 15 is 0 Å². The van der Waals surface area contributed by atoms with Crippen molar-refractivity contribution in [3.8, 4) is 0 Å². The van der Waals surface area contributed by atoms with E-state index in [4.69, 9.17) is 4.74 Å². The average molecular weight is 155 g/mol. The van der Waals surface area contributed by atoms with Crippen molar-refractivity contribution in [3.05, 3.63) is 0 Å². The molecule has 1 saturated heterocycles. The van der Waals surface area contributed by atoms with Crippen molar-refractivity contribution in [1.82, 2.24) is 5.32 Å².